The van der Waals surface area contributed by atoms with Crippen molar-refractivity contribution in [3.8, 4) is 22.6 Å². The van der Waals surface area contributed by atoms with Gasteiger partial charge in [-0.05, 0) is 19.9 Å². The van der Waals surface area contributed by atoms with E-state index in [1.54, 1.807) is 0 Å². The summed E-state index contributed by atoms with van der Waals surface area (Å²) in [5.41, 5.74) is 9.57. The summed E-state index contributed by atoms with van der Waals surface area (Å²) in [5, 5.41) is 8.99. The van der Waals surface area contributed by atoms with Crippen molar-refractivity contribution in [2.24, 2.45) is 0 Å². The molecule has 0 saturated carbocycles. The van der Waals surface area contributed by atoms with Crippen molar-refractivity contribution in [2.45, 2.75) is 13.8 Å². The molecule has 8 heteroatoms. The molecule has 0 saturated heterocycles. The summed E-state index contributed by atoms with van der Waals surface area (Å²) in [6, 6.07) is 9.29. The molecule has 0 amide bonds. The van der Waals surface area contributed by atoms with Gasteiger partial charge in [-0.1, -0.05) is 35.0 Å². The number of nitrogens with zero attached hydrogens (tertiary/aromatic N) is 5. The van der Waals surface area contributed by atoms with Crippen LogP contribution in [0.2, 0.25) is 5.02 Å². The van der Waals surface area contributed by atoms with Crippen LogP contribution in [0, 0.1) is 13.8 Å². The molecule has 0 atom stereocenters. The SMILES string of the molecule is Cc1noc(C)c1-c1nc(N)n2nc(-c3ccccc3Cl)cc2n1. The number of nitrogens with two attached hydrogens (primary N) is 1. The molecule has 0 aliphatic carbocycles. The van der Waals surface area contributed by atoms with Gasteiger partial charge in [0.25, 0.3) is 0 Å². The van der Waals surface area contributed by atoms with Crippen molar-refractivity contribution in [3.05, 3.63) is 46.8 Å². The van der Waals surface area contributed by atoms with Crippen molar-refractivity contribution in [1.82, 2.24) is 24.7 Å². The van der Waals surface area contributed by atoms with Crippen LogP contribution in [-0.4, -0.2) is 24.7 Å². The molecule has 0 fully saturated rings. The number of rotatable bonds is 2. The summed E-state index contributed by atoms with van der Waals surface area (Å²) >= 11 is 6.24. The van der Waals surface area contributed by atoms with Gasteiger partial charge in [0.05, 0.1) is 22.0 Å². The van der Waals surface area contributed by atoms with E-state index in [0.29, 0.717) is 33.6 Å². The first-order chi connectivity index (χ1) is 11.5. The van der Waals surface area contributed by atoms with Crippen molar-refractivity contribution < 1.29 is 4.52 Å². The molecule has 2 N–H and O–H groups in total. The molecule has 0 spiro atoms. The summed E-state index contributed by atoms with van der Waals surface area (Å²) in [6.07, 6.45) is 0. The van der Waals surface area contributed by atoms with E-state index in [1.165, 1.54) is 4.52 Å². The highest BCUT2D eigenvalue weighted by molar-refractivity contribution is 6.33. The summed E-state index contributed by atoms with van der Waals surface area (Å²) in [5.74, 6) is 1.33. The molecule has 120 valence electrons. The maximum absolute atomic E-state index is 6.24. The third kappa shape index (κ3) is 2.21. The summed E-state index contributed by atoms with van der Waals surface area (Å²) in [7, 11) is 0. The average Bonchev–Trinajstić information content (AvgIpc) is 3.11. The largest absolute Gasteiger partial charge is 0.368 e. The van der Waals surface area contributed by atoms with Crippen LogP contribution in [0.3, 0.4) is 0 Å². The van der Waals surface area contributed by atoms with Gasteiger partial charge >= 0.3 is 0 Å². The summed E-state index contributed by atoms with van der Waals surface area (Å²) < 4.78 is 6.67. The van der Waals surface area contributed by atoms with Crippen LogP contribution in [0.25, 0.3) is 28.3 Å². The van der Waals surface area contributed by atoms with Gasteiger partial charge in [-0.25, -0.2) is 4.98 Å². The fraction of sp³-hybridized carbons (Fsp3) is 0.125. The van der Waals surface area contributed by atoms with Gasteiger partial charge in [0.2, 0.25) is 5.95 Å². The maximum atomic E-state index is 6.24. The topological polar surface area (TPSA) is 95.1 Å². The lowest BCUT2D eigenvalue weighted by Crippen LogP contribution is -2.05. The van der Waals surface area contributed by atoms with Crippen LogP contribution >= 0.6 is 11.6 Å². The second-order valence-corrected chi connectivity index (χ2v) is 5.79. The Kier molecular flexibility index (Phi) is 3.24. The van der Waals surface area contributed by atoms with Crippen LogP contribution < -0.4 is 5.73 Å². The Morgan fingerprint density at radius 1 is 1.17 bits per heavy atom. The standard InChI is InChI=1S/C16H13ClN6O/c1-8-14(9(2)24-22-8)15-19-13-7-12(21-23(13)16(18)20-15)10-5-3-4-6-11(10)17/h3-7H,1-2H3,(H2,18,19,20). The zero-order chi connectivity index (χ0) is 16.8. The first kappa shape index (κ1) is 14.6. The lowest BCUT2D eigenvalue weighted by Gasteiger charge is -2.02. The van der Waals surface area contributed by atoms with Gasteiger partial charge in [-0.3, -0.25) is 0 Å². The minimum Gasteiger partial charge on any atom is -0.368 e. The normalized spacial score (nSPS) is 11.3. The Morgan fingerprint density at radius 3 is 2.67 bits per heavy atom. The number of hydrogen-bond donors (Lipinski definition) is 1. The van der Waals surface area contributed by atoms with Crippen LogP contribution in [-0.2, 0) is 0 Å². The lowest BCUT2D eigenvalue weighted by atomic mass is 10.1. The molecule has 7 nitrogen and oxygen atoms in total. The lowest BCUT2D eigenvalue weighted by molar-refractivity contribution is 0.393. The molecule has 0 aliphatic heterocycles. The van der Waals surface area contributed by atoms with Gasteiger partial charge in [0.1, 0.15) is 5.76 Å². The van der Waals surface area contributed by atoms with E-state index in [9.17, 15) is 0 Å². The van der Waals surface area contributed by atoms with E-state index >= 15 is 0 Å². The van der Waals surface area contributed by atoms with Gasteiger partial charge in [-0.15, -0.1) is 0 Å². The highest BCUT2D eigenvalue weighted by atomic mass is 35.5. The molecule has 1 aromatic carbocycles. The summed E-state index contributed by atoms with van der Waals surface area (Å²) in [6.45, 7) is 3.64. The molecule has 3 aromatic heterocycles. The second kappa shape index (κ2) is 5.31. The first-order valence-electron chi connectivity index (χ1n) is 7.26. The molecule has 4 aromatic rings. The number of fused-ring (bicyclic) bond motifs is 1. The maximum Gasteiger partial charge on any atom is 0.225 e. The fourth-order valence-corrected chi connectivity index (χ4v) is 2.86. The van der Waals surface area contributed by atoms with E-state index in [0.717, 1.165) is 11.1 Å². The Balaban J connectivity index is 1.92. The Labute approximate surface area is 142 Å². The Bertz CT molecular complexity index is 1050. The van der Waals surface area contributed by atoms with E-state index in [4.69, 9.17) is 21.9 Å². The summed E-state index contributed by atoms with van der Waals surface area (Å²) in [4.78, 5) is 8.87. The second-order valence-electron chi connectivity index (χ2n) is 5.38. The average molecular weight is 341 g/mol. The monoisotopic (exact) mass is 340 g/mol. The van der Waals surface area contributed by atoms with Gasteiger partial charge in [-0.2, -0.15) is 14.6 Å². The molecule has 0 radical (unpaired) electrons. The third-order valence-electron chi connectivity index (χ3n) is 3.76. The van der Waals surface area contributed by atoms with Crippen LogP contribution in [0.1, 0.15) is 11.5 Å². The van der Waals surface area contributed by atoms with Gasteiger partial charge < -0.3 is 10.3 Å². The van der Waals surface area contributed by atoms with Crippen molar-refractivity contribution >= 4 is 23.2 Å². The number of hydrogen-bond acceptors (Lipinski definition) is 6. The van der Waals surface area contributed by atoms with E-state index < -0.39 is 0 Å². The molecule has 0 aliphatic rings. The molecule has 24 heavy (non-hydrogen) atoms. The zero-order valence-corrected chi connectivity index (χ0v) is 13.7. The van der Waals surface area contributed by atoms with Crippen LogP contribution in [0.15, 0.2) is 34.9 Å². The molecule has 3 heterocycles. The quantitative estimate of drug-likeness (QED) is 0.601. The van der Waals surface area contributed by atoms with Crippen molar-refractivity contribution in [1.29, 1.82) is 0 Å². The van der Waals surface area contributed by atoms with Crippen molar-refractivity contribution in [2.75, 3.05) is 5.73 Å². The number of aromatic nitrogens is 5. The van der Waals surface area contributed by atoms with Crippen LogP contribution in [0.4, 0.5) is 5.95 Å². The minimum absolute atomic E-state index is 0.230. The highest BCUT2D eigenvalue weighted by Crippen LogP contribution is 2.29. The number of anilines is 1. The Hall–Kier alpha value is -2.93. The number of aryl methyl sites for hydroxylation is 2. The van der Waals surface area contributed by atoms with E-state index in [-0.39, 0.29) is 5.95 Å². The fourth-order valence-electron chi connectivity index (χ4n) is 2.62. The first-order valence-corrected chi connectivity index (χ1v) is 7.64. The number of halogens is 1. The predicted molar refractivity (Wildman–Crippen MR) is 90.6 cm³/mol. The molecule has 0 unspecified atom stereocenters. The van der Waals surface area contributed by atoms with Crippen LogP contribution in [0.5, 0.6) is 0 Å². The Morgan fingerprint density at radius 2 is 1.96 bits per heavy atom. The smallest absolute Gasteiger partial charge is 0.225 e. The zero-order valence-electron chi connectivity index (χ0n) is 13.0. The highest BCUT2D eigenvalue weighted by Gasteiger charge is 2.18. The van der Waals surface area contributed by atoms with Gasteiger partial charge in [0, 0.05) is 11.6 Å². The molecule has 0 bridgehead atoms. The molecular weight excluding hydrogens is 328 g/mol. The minimum atomic E-state index is 0.230. The molecule has 4 rings (SSSR count). The molecular formula is C16H13ClN6O. The predicted octanol–water partition coefficient (Wildman–Crippen LogP) is 3.30. The van der Waals surface area contributed by atoms with E-state index in [1.807, 2.05) is 44.2 Å². The third-order valence-corrected chi connectivity index (χ3v) is 4.08. The van der Waals surface area contributed by atoms with E-state index in [2.05, 4.69) is 20.2 Å². The number of nitrogen functional groups attached to an aromatic ring is 1. The van der Waals surface area contributed by atoms with Gasteiger partial charge in [0.15, 0.2) is 11.5 Å². The van der Waals surface area contributed by atoms with Crippen molar-refractivity contribution in [3.63, 3.8) is 0 Å². The number of benzene rings is 1.